The molecule has 6 nitrogen and oxygen atoms in total. The molecule has 1 saturated heterocycles. The number of hydrogen-bond donors (Lipinski definition) is 0. The summed E-state index contributed by atoms with van der Waals surface area (Å²) in [5.41, 5.74) is -0.618. The van der Waals surface area contributed by atoms with E-state index >= 15 is 0 Å². The normalized spacial score (nSPS) is 16.1. The van der Waals surface area contributed by atoms with E-state index < -0.39 is 33.2 Å². The first-order chi connectivity index (χ1) is 11.6. The predicted octanol–water partition coefficient (Wildman–Crippen LogP) is 1.03. The van der Waals surface area contributed by atoms with Gasteiger partial charge in [-0.2, -0.15) is 0 Å². The van der Waals surface area contributed by atoms with Gasteiger partial charge in [0.25, 0.3) is 0 Å². The van der Waals surface area contributed by atoms with Crippen LogP contribution in [0.15, 0.2) is 12.1 Å². The van der Waals surface area contributed by atoms with Crippen molar-refractivity contribution in [1.82, 2.24) is 9.80 Å². The molecule has 0 N–H and O–H groups in total. The molecule has 25 heavy (non-hydrogen) atoms. The van der Waals surface area contributed by atoms with Crippen molar-refractivity contribution in [3.63, 3.8) is 0 Å². The van der Waals surface area contributed by atoms with Gasteiger partial charge in [-0.3, -0.25) is 9.10 Å². The average Bonchev–Trinajstić information content (AvgIpc) is 2.54. The van der Waals surface area contributed by atoms with Gasteiger partial charge in [-0.25, -0.2) is 21.6 Å². The van der Waals surface area contributed by atoms with Crippen molar-refractivity contribution in [3.8, 4) is 0 Å². The van der Waals surface area contributed by atoms with Crippen LogP contribution in [0.5, 0.6) is 0 Å². The molecule has 1 amide bonds. The number of nitrogens with zero attached hydrogens (tertiary/aromatic N) is 3. The van der Waals surface area contributed by atoms with Gasteiger partial charge in [-0.05, 0) is 19.2 Å². The van der Waals surface area contributed by atoms with E-state index in [1.165, 1.54) is 0 Å². The third-order valence-electron chi connectivity index (χ3n) is 4.07. The van der Waals surface area contributed by atoms with Crippen molar-refractivity contribution in [3.05, 3.63) is 29.6 Å². The number of sulfonamides is 1. The number of piperazine rings is 1. The first-order valence-electron chi connectivity index (χ1n) is 7.69. The van der Waals surface area contributed by atoms with Crippen LogP contribution in [-0.2, 0) is 14.8 Å². The second-order valence-electron chi connectivity index (χ2n) is 5.96. The largest absolute Gasteiger partial charge is 0.340 e. The first-order valence-corrected chi connectivity index (χ1v) is 9.53. The SMILES string of the molecule is CN1CCN(C(=O)CCN(c2ccc(F)c(F)c2F)S(C)(=O)=O)CC1. The summed E-state index contributed by atoms with van der Waals surface area (Å²) in [6, 6.07) is 1.49. The van der Waals surface area contributed by atoms with Crippen LogP contribution < -0.4 is 4.31 Å². The zero-order chi connectivity index (χ0) is 18.8. The number of halogens is 3. The molecule has 1 aromatic rings. The number of benzene rings is 1. The van der Waals surface area contributed by atoms with Crippen LogP contribution in [0.2, 0.25) is 0 Å². The van der Waals surface area contributed by atoms with E-state index in [0.29, 0.717) is 36.6 Å². The summed E-state index contributed by atoms with van der Waals surface area (Å²) in [5.74, 6) is -5.04. The number of likely N-dealkylation sites (N-methyl/N-ethyl adjacent to an activating group) is 1. The highest BCUT2D eigenvalue weighted by Gasteiger charge is 2.26. The molecule has 1 aliphatic rings. The van der Waals surface area contributed by atoms with Gasteiger partial charge in [0.2, 0.25) is 15.9 Å². The van der Waals surface area contributed by atoms with Gasteiger partial charge in [-0.1, -0.05) is 0 Å². The number of carbonyl (C=O) groups excluding carboxylic acids is 1. The molecule has 1 heterocycles. The van der Waals surface area contributed by atoms with Crippen molar-refractivity contribution in [1.29, 1.82) is 0 Å². The van der Waals surface area contributed by atoms with E-state index in [0.717, 1.165) is 12.3 Å². The Labute approximate surface area is 144 Å². The second kappa shape index (κ2) is 7.61. The lowest BCUT2D eigenvalue weighted by atomic mass is 10.2. The van der Waals surface area contributed by atoms with Gasteiger partial charge in [0, 0.05) is 39.1 Å². The predicted molar refractivity (Wildman–Crippen MR) is 87.2 cm³/mol. The molecule has 2 rings (SSSR count). The zero-order valence-corrected chi connectivity index (χ0v) is 14.8. The highest BCUT2D eigenvalue weighted by molar-refractivity contribution is 7.92. The van der Waals surface area contributed by atoms with Crippen LogP contribution in [0.3, 0.4) is 0 Å². The van der Waals surface area contributed by atoms with Crippen LogP contribution in [0.1, 0.15) is 6.42 Å². The molecule has 10 heteroatoms. The van der Waals surface area contributed by atoms with E-state index in [1.807, 2.05) is 7.05 Å². The quantitative estimate of drug-likeness (QED) is 0.717. The molecule has 0 spiro atoms. The summed E-state index contributed by atoms with van der Waals surface area (Å²) in [7, 11) is -2.05. The Morgan fingerprint density at radius 1 is 1.12 bits per heavy atom. The smallest absolute Gasteiger partial charge is 0.232 e. The van der Waals surface area contributed by atoms with Crippen LogP contribution in [0, 0.1) is 17.5 Å². The van der Waals surface area contributed by atoms with Crippen LogP contribution in [0.25, 0.3) is 0 Å². The third-order valence-corrected chi connectivity index (χ3v) is 5.25. The lowest BCUT2D eigenvalue weighted by Gasteiger charge is -2.33. The summed E-state index contributed by atoms with van der Waals surface area (Å²) in [4.78, 5) is 15.9. The lowest BCUT2D eigenvalue weighted by Crippen LogP contribution is -2.48. The standard InChI is InChI=1S/C15H20F3N3O3S/c1-19-7-9-20(10-8-19)13(22)5-6-21(25(2,23)24)12-4-3-11(16)14(17)15(12)18/h3-4H,5-10H2,1-2H3. The maximum absolute atomic E-state index is 13.9. The first kappa shape index (κ1) is 19.5. The molecular weight excluding hydrogens is 359 g/mol. The molecule has 1 aliphatic heterocycles. The minimum Gasteiger partial charge on any atom is -0.340 e. The number of amides is 1. The fourth-order valence-corrected chi connectivity index (χ4v) is 3.51. The molecule has 0 aromatic heterocycles. The maximum Gasteiger partial charge on any atom is 0.232 e. The van der Waals surface area contributed by atoms with Crippen molar-refractivity contribution in [2.24, 2.45) is 0 Å². The fraction of sp³-hybridized carbons (Fsp3) is 0.533. The monoisotopic (exact) mass is 379 g/mol. The summed E-state index contributed by atoms with van der Waals surface area (Å²) < 4.78 is 64.8. The lowest BCUT2D eigenvalue weighted by molar-refractivity contribution is -0.132. The topological polar surface area (TPSA) is 60.9 Å². The molecular formula is C15H20F3N3O3S. The Morgan fingerprint density at radius 2 is 1.72 bits per heavy atom. The Balaban J connectivity index is 2.15. The van der Waals surface area contributed by atoms with Crippen LogP contribution >= 0.6 is 0 Å². The summed E-state index contributed by atoms with van der Waals surface area (Å²) in [6.45, 7) is 2.10. The van der Waals surface area contributed by atoms with Gasteiger partial charge in [-0.15, -0.1) is 0 Å². The zero-order valence-electron chi connectivity index (χ0n) is 14.0. The Bertz CT molecular complexity index is 750. The molecule has 0 radical (unpaired) electrons. The number of carbonyl (C=O) groups is 1. The van der Waals surface area contributed by atoms with Gasteiger partial charge in [0.15, 0.2) is 17.5 Å². The summed E-state index contributed by atoms with van der Waals surface area (Å²) in [6.07, 6.45) is 0.628. The Hall–Kier alpha value is -1.81. The van der Waals surface area contributed by atoms with Gasteiger partial charge < -0.3 is 9.80 Å². The molecule has 140 valence electrons. The van der Waals surface area contributed by atoms with Gasteiger partial charge in [0.05, 0.1) is 11.9 Å². The highest BCUT2D eigenvalue weighted by Crippen LogP contribution is 2.25. The molecule has 1 fully saturated rings. The van der Waals surface area contributed by atoms with Gasteiger partial charge in [0.1, 0.15) is 0 Å². The molecule has 0 saturated carbocycles. The fourth-order valence-electron chi connectivity index (χ4n) is 2.58. The average molecular weight is 379 g/mol. The number of rotatable bonds is 5. The molecule has 0 atom stereocenters. The second-order valence-corrected chi connectivity index (χ2v) is 7.87. The molecule has 0 unspecified atom stereocenters. The van der Waals surface area contributed by atoms with Crippen LogP contribution in [0.4, 0.5) is 18.9 Å². The van der Waals surface area contributed by atoms with E-state index in [4.69, 9.17) is 0 Å². The van der Waals surface area contributed by atoms with Crippen molar-refractivity contribution in [2.75, 3.05) is 50.3 Å². The van der Waals surface area contributed by atoms with E-state index in [1.54, 1.807) is 4.90 Å². The number of anilines is 1. The number of hydrogen-bond acceptors (Lipinski definition) is 4. The van der Waals surface area contributed by atoms with Crippen molar-refractivity contribution in [2.45, 2.75) is 6.42 Å². The van der Waals surface area contributed by atoms with Crippen molar-refractivity contribution >= 4 is 21.6 Å². The third kappa shape index (κ3) is 4.63. The van der Waals surface area contributed by atoms with Gasteiger partial charge >= 0.3 is 0 Å². The van der Waals surface area contributed by atoms with E-state index in [2.05, 4.69) is 4.90 Å². The Morgan fingerprint density at radius 3 is 2.28 bits per heavy atom. The molecule has 0 bridgehead atoms. The summed E-state index contributed by atoms with van der Waals surface area (Å²) in [5, 5.41) is 0. The highest BCUT2D eigenvalue weighted by atomic mass is 32.2. The minimum absolute atomic E-state index is 0.185. The van der Waals surface area contributed by atoms with E-state index in [9.17, 15) is 26.4 Å². The molecule has 1 aromatic carbocycles. The van der Waals surface area contributed by atoms with Crippen LogP contribution in [-0.4, -0.2) is 70.2 Å². The minimum atomic E-state index is -3.98. The molecule has 0 aliphatic carbocycles. The maximum atomic E-state index is 13.9. The van der Waals surface area contributed by atoms with Crippen molar-refractivity contribution < 1.29 is 26.4 Å². The van der Waals surface area contributed by atoms with E-state index in [-0.39, 0.29) is 18.9 Å². The Kier molecular flexibility index (Phi) is 5.94. The summed E-state index contributed by atoms with van der Waals surface area (Å²) >= 11 is 0.